The van der Waals surface area contributed by atoms with Gasteiger partial charge in [0.25, 0.3) is 0 Å². The molecule has 0 atom stereocenters. The Balaban J connectivity index is 1.48. The molecule has 2 heterocycles. The van der Waals surface area contributed by atoms with Crippen molar-refractivity contribution in [2.24, 2.45) is 5.92 Å². The summed E-state index contributed by atoms with van der Waals surface area (Å²) in [5.41, 5.74) is 1.59. The Bertz CT molecular complexity index is 1110. The number of amides is 2. The van der Waals surface area contributed by atoms with Crippen molar-refractivity contribution in [3.8, 4) is 17.1 Å². The lowest BCUT2D eigenvalue weighted by molar-refractivity contribution is -0.140. The highest BCUT2D eigenvalue weighted by atomic mass is 32.2. The van der Waals surface area contributed by atoms with Gasteiger partial charge in [0.2, 0.25) is 11.8 Å². The minimum Gasteiger partial charge on any atom is -0.339 e. The Morgan fingerprint density at radius 3 is 2.21 bits per heavy atom. The van der Waals surface area contributed by atoms with E-state index in [0.29, 0.717) is 37.2 Å². The van der Waals surface area contributed by atoms with Crippen molar-refractivity contribution < 1.29 is 14.0 Å². The maximum absolute atomic E-state index is 13.4. The Morgan fingerprint density at radius 1 is 0.939 bits per heavy atom. The van der Waals surface area contributed by atoms with E-state index in [0.717, 1.165) is 11.3 Å². The molecule has 0 unspecified atom stereocenters. The largest absolute Gasteiger partial charge is 0.339 e. The number of rotatable bonds is 6. The summed E-state index contributed by atoms with van der Waals surface area (Å²) >= 11 is 1.32. The highest BCUT2D eigenvalue weighted by Gasteiger charge is 2.26. The van der Waals surface area contributed by atoms with Gasteiger partial charge in [0.15, 0.2) is 11.0 Å². The summed E-state index contributed by atoms with van der Waals surface area (Å²) in [5.74, 6) is 0.564. The lowest BCUT2D eigenvalue weighted by Crippen LogP contribution is -2.51. The summed E-state index contributed by atoms with van der Waals surface area (Å²) in [6, 6.07) is 15.7. The van der Waals surface area contributed by atoms with E-state index in [1.54, 1.807) is 17.0 Å². The predicted molar refractivity (Wildman–Crippen MR) is 125 cm³/mol. The van der Waals surface area contributed by atoms with Crippen molar-refractivity contribution in [3.63, 3.8) is 0 Å². The van der Waals surface area contributed by atoms with E-state index in [1.807, 2.05) is 53.6 Å². The van der Waals surface area contributed by atoms with Gasteiger partial charge in [0.05, 0.1) is 5.75 Å². The summed E-state index contributed by atoms with van der Waals surface area (Å²) in [6.07, 6.45) is 0. The molecular formula is C24H26FN5O2S. The van der Waals surface area contributed by atoms with Gasteiger partial charge in [0.1, 0.15) is 5.82 Å². The number of para-hydroxylation sites is 1. The summed E-state index contributed by atoms with van der Waals surface area (Å²) in [5, 5.41) is 9.24. The van der Waals surface area contributed by atoms with Crippen LogP contribution in [0.25, 0.3) is 17.1 Å². The number of carbonyl (C=O) groups excluding carboxylic acids is 2. The fourth-order valence-corrected chi connectivity index (χ4v) is 4.57. The van der Waals surface area contributed by atoms with Crippen LogP contribution in [0.2, 0.25) is 0 Å². The topological polar surface area (TPSA) is 71.3 Å². The average Bonchev–Trinajstić information content (AvgIpc) is 3.27. The molecule has 3 aromatic rings. The first-order valence-electron chi connectivity index (χ1n) is 10.9. The van der Waals surface area contributed by atoms with Crippen LogP contribution in [0.5, 0.6) is 0 Å². The number of hydrogen-bond donors (Lipinski definition) is 0. The molecule has 1 saturated heterocycles. The second-order valence-electron chi connectivity index (χ2n) is 8.13. The number of hydrogen-bond acceptors (Lipinski definition) is 5. The maximum Gasteiger partial charge on any atom is 0.233 e. The third-order valence-corrected chi connectivity index (χ3v) is 6.43. The molecule has 2 aromatic carbocycles. The number of piperazine rings is 1. The second-order valence-corrected chi connectivity index (χ2v) is 9.08. The molecule has 9 heteroatoms. The van der Waals surface area contributed by atoms with Gasteiger partial charge in [-0.1, -0.05) is 43.8 Å². The molecule has 0 saturated carbocycles. The minimum absolute atomic E-state index is 0.00240. The SMILES string of the molecule is CC(C)C(=O)N1CCN(C(=O)CSc2nnc(-c3ccc(F)cc3)n2-c2ccccc2)CC1. The first-order valence-corrected chi connectivity index (χ1v) is 11.9. The molecule has 1 aromatic heterocycles. The zero-order valence-electron chi connectivity index (χ0n) is 18.6. The van der Waals surface area contributed by atoms with Gasteiger partial charge in [-0.15, -0.1) is 10.2 Å². The van der Waals surface area contributed by atoms with Crippen molar-refractivity contribution in [3.05, 3.63) is 60.4 Å². The summed E-state index contributed by atoms with van der Waals surface area (Å²) in [7, 11) is 0. The molecule has 0 aliphatic carbocycles. The standard InChI is InChI=1S/C24H26FN5O2S/c1-17(2)23(32)29-14-12-28(13-15-29)21(31)16-33-24-27-26-22(18-8-10-19(25)11-9-18)30(24)20-6-4-3-5-7-20/h3-11,17H,12-16H2,1-2H3. The first kappa shape index (κ1) is 23.0. The number of aromatic nitrogens is 3. The van der Waals surface area contributed by atoms with Crippen molar-refractivity contribution >= 4 is 23.6 Å². The minimum atomic E-state index is -0.320. The van der Waals surface area contributed by atoms with E-state index in [2.05, 4.69) is 10.2 Å². The van der Waals surface area contributed by atoms with Crippen LogP contribution in [0.15, 0.2) is 59.8 Å². The fraction of sp³-hybridized carbons (Fsp3) is 0.333. The Morgan fingerprint density at radius 2 is 1.58 bits per heavy atom. The van der Waals surface area contributed by atoms with E-state index in [1.165, 1.54) is 23.9 Å². The highest BCUT2D eigenvalue weighted by molar-refractivity contribution is 7.99. The molecule has 0 spiro atoms. The third kappa shape index (κ3) is 5.24. The van der Waals surface area contributed by atoms with Crippen molar-refractivity contribution in [1.82, 2.24) is 24.6 Å². The number of halogens is 1. The summed E-state index contributed by atoms with van der Waals surface area (Å²) in [6.45, 7) is 5.96. The highest BCUT2D eigenvalue weighted by Crippen LogP contribution is 2.28. The smallest absolute Gasteiger partial charge is 0.233 e. The average molecular weight is 468 g/mol. The van der Waals surface area contributed by atoms with Crippen LogP contribution >= 0.6 is 11.8 Å². The van der Waals surface area contributed by atoms with Crippen LogP contribution in [-0.4, -0.2) is 68.3 Å². The van der Waals surface area contributed by atoms with E-state index in [-0.39, 0.29) is 29.3 Å². The zero-order chi connectivity index (χ0) is 23.4. The number of nitrogens with zero attached hydrogens (tertiary/aromatic N) is 5. The van der Waals surface area contributed by atoms with Gasteiger partial charge < -0.3 is 9.80 Å². The van der Waals surface area contributed by atoms with E-state index in [4.69, 9.17) is 0 Å². The lowest BCUT2D eigenvalue weighted by atomic mass is 10.1. The van der Waals surface area contributed by atoms with Gasteiger partial charge in [-0.25, -0.2) is 4.39 Å². The first-order chi connectivity index (χ1) is 15.9. The van der Waals surface area contributed by atoms with Gasteiger partial charge in [0, 0.05) is 43.3 Å². The normalized spacial score (nSPS) is 14.1. The molecular weight excluding hydrogens is 441 g/mol. The molecule has 0 radical (unpaired) electrons. The van der Waals surface area contributed by atoms with Crippen LogP contribution < -0.4 is 0 Å². The number of carbonyl (C=O) groups is 2. The molecule has 1 aliphatic heterocycles. The van der Waals surface area contributed by atoms with Crippen LogP contribution in [-0.2, 0) is 9.59 Å². The molecule has 4 rings (SSSR count). The van der Waals surface area contributed by atoms with Crippen LogP contribution in [0.3, 0.4) is 0 Å². The molecule has 172 valence electrons. The Labute approximate surface area is 196 Å². The molecule has 2 amide bonds. The Hall–Kier alpha value is -3.20. The van der Waals surface area contributed by atoms with Crippen LogP contribution in [0, 0.1) is 11.7 Å². The van der Waals surface area contributed by atoms with Crippen molar-refractivity contribution in [2.45, 2.75) is 19.0 Å². The van der Waals surface area contributed by atoms with Gasteiger partial charge in [-0.05, 0) is 36.4 Å². The number of benzene rings is 2. The maximum atomic E-state index is 13.4. The van der Waals surface area contributed by atoms with Crippen molar-refractivity contribution in [1.29, 1.82) is 0 Å². The molecule has 0 bridgehead atoms. The quantitative estimate of drug-likeness (QED) is 0.519. The number of thioether (sulfide) groups is 1. The fourth-order valence-electron chi connectivity index (χ4n) is 3.72. The monoisotopic (exact) mass is 467 g/mol. The van der Waals surface area contributed by atoms with Gasteiger partial charge in [-0.3, -0.25) is 14.2 Å². The van der Waals surface area contributed by atoms with E-state index >= 15 is 0 Å². The van der Waals surface area contributed by atoms with Crippen LogP contribution in [0.4, 0.5) is 4.39 Å². The zero-order valence-corrected chi connectivity index (χ0v) is 19.5. The van der Waals surface area contributed by atoms with E-state index < -0.39 is 0 Å². The van der Waals surface area contributed by atoms with Crippen LogP contribution in [0.1, 0.15) is 13.8 Å². The Kier molecular flexibility index (Phi) is 7.08. The summed E-state index contributed by atoms with van der Waals surface area (Å²) < 4.78 is 15.3. The van der Waals surface area contributed by atoms with Gasteiger partial charge >= 0.3 is 0 Å². The lowest BCUT2D eigenvalue weighted by Gasteiger charge is -2.35. The molecule has 7 nitrogen and oxygen atoms in total. The molecule has 1 aliphatic rings. The second kappa shape index (κ2) is 10.2. The molecule has 33 heavy (non-hydrogen) atoms. The molecule has 1 fully saturated rings. The van der Waals surface area contributed by atoms with Crippen molar-refractivity contribution in [2.75, 3.05) is 31.9 Å². The summed E-state index contributed by atoms with van der Waals surface area (Å²) in [4.78, 5) is 28.6. The third-order valence-electron chi connectivity index (χ3n) is 5.51. The molecule has 0 N–H and O–H groups in total. The van der Waals surface area contributed by atoms with Gasteiger partial charge in [-0.2, -0.15) is 0 Å². The predicted octanol–water partition coefficient (Wildman–Crippen LogP) is 3.49. The van der Waals surface area contributed by atoms with E-state index in [9.17, 15) is 14.0 Å².